The molecule has 4 heteroatoms. The maximum atomic E-state index is 10.6. The summed E-state index contributed by atoms with van der Waals surface area (Å²) in [4.78, 5) is 13.4. The van der Waals surface area contributed by atoms with Gasteiger partial charge in [-0.1, -0.05) is 0 Å². The van der Waals surface area contributed by atoms with Crippen molar-refractivity contribution in [1.82, 2.24) is 10.2 Å². The van der Waals surface area contributed by atoms with Gasteiger partial charge in [-0.3, -0.25) is 4.90 Å². The van der Waals surface area contributed by atoms with Crippen molar-refractivity contribution in [2.75, 3.05) is 0 Å². The van der Waals surface area contributed by atoms with Crippen molar-refractivity contribution in [3.8, 4) is 0 Å². The Bertz CT molecular complexity index is 280. The van der Waals surface area contributed by atoms with Gasteiger partial charge in [-0.15, -0.1) is 0 Å². The van der Waals surface area contributed by atoms with Gasteiger partial charge in [0.1, 0.15) is 0 Å². The highest BCUT2D eigenvalue weighted by Crippen LogP contribution is 2.41. The van der Waals surface area contributed by atoms with E-state index in [2.05, 4.69) is 10.2 Å². The third kappa shape index (κ3) is 2.73. The molecule has 3 saturated carbocycles. The molecule has 0 bridgehead atoms. The molecule has 0 saturated heterocycles. The monoisotopic (exact) mass is 238 g/mol. The van der Waals surface area contributed by atoms with Gasteiger partial charge in [-0.25, -0.2) is 4.79 Å². The Labute approximate surface area is 102 Å². The first-order valence-electron chi connectivity index (χ1n) is 7.01. The number of nitrogens with zero attached hydrogens (tertiary/aromatic N) is 1. The van der Waals surface area contributed by atoms with E-state index in [-0.39, 0.29) is 6.04 Å². The molecule has 0 spiro atoms. The highest BCUT2D eigenvalue weighted by Gasteiger charge is 2.43. The molecule has 3 aliphatic carbocycles. The Kier molecular flexibility index (Phi) is 2.99. The van der Waals surface area contributed by atoms with Crippen molar-refractivity contribution >= 4 is 6.09 Å². The average molecular weight is 238 g/mol. The van der Waals surface area contributed by atoms with Gasteiger partial charge in [0.15, 0.2) is 0 Å². The fourth-order valence-corrected chi connectivity index (χ4v) is 3.33. The van der Waals surface area contributed by atoms with Crippen LogP contribution < -0.4 is 5.32 Å². The van der Waals surface area contributed by atoms with Crippen LogP contribution in [0.3, 0.4) is 0 Å². The van der Waals surface area contributed by atoms with E-state index in [4.69, 9.17) is 5.11 Å². The van der Waals surface area contributed by atoms with Crippen molar-refractivity contribution < 1.29 is 9.90 Å². The molecule has 0 unspecified atom stereocenters. The summed E-state index contributed by atoms with van der Waals surface area (Å²) >= 11 is 0. The van der Waals surface area contributed by atoms with Crippen LogP contribution in [0.1, 0.15) is 51.4 Å². The number of rotatable bonds is 4. The third-order valence-electron chi connectivity index (χ3n) is 4.38. The molecule has 2 N–H and O–H groups in total. The highest BCUT2D eigenvalue weighted by atomic mass is 16.4. The molecule has 0 atom stereocenters. The Morgan fingerprint density at radius 2 is 1.29 bits per heavy atom. The maximum Gasteiger partial charge on any atom is 0.404 e. The zero-order chi connectivity index (χ0) is 11.8. The van der Waals surface area contributed by atoms with E-state index in [0.29, 0.717) is 0 Å². The molecule has 0 radical (unpaired) electrons. The van der Waals surface area contributed by atoms with Gasteiger partial charge in [-0.05, 0) is 51.4 Å². The van der Waals surface area contributed by atoms with E-state index in [1.54, 1.807) is 0 Å². The fraction of sp³-hybridized carbons (Fsp3) is 0.923. The van der Waals surface area contributed by atoms with Crippen molar-refractivity contribution in [3.63, 3.8) is 0 Å². The molecule has 0 heterocycles. The minimum absolute atomic E-state index is 0.198. The Morgan fingerprint density at radius 3 is 1.65 bits per heavy atom. The van der Waals surface area contributed by atoms with Crippen LogP contribution in [0.4, 0.5) is 4.79 Å². The third-order valence-corrected chi connectivity index (χ3v) is 4.38. The van der Waals surface area contributed by atoms with E-state index in [9.17, 15) is 4.79 Å². The van der Waals surface area contributed by atoms with Crippen LogP contribution in [0.5, 0.6) is 0 Å². The van der Waals surface area contributed by atoms with Crippen molar-refractivity contribution in [1.29, 1.82) is 0 Å². The molecule has 96 valence electrons. The molecule has 3 aliphatic rings. The number of carbonyl (C=O) groups is 1. The first-order valence-corrected chi connectivity index (χ1v) is 7.01. The van der Waals surface area contributed by atoms with Crippen LogP contribution in [0, 0.1) is 0 Å². The van der Waals surface area contributed by atoms with E-state index in [1.165, 1.54) is 38.5 Å². The van der Waals surface area contributed by atoms with E-state index in [0.717, 1.165) is 31.0 Å². The second kappa shape index (κ2) is 4.48. The SMILES string of the molecule is O=C(O)NC1CCC(N(C2CC2)C2CC2)CC1. The Balaban J connectivity index is 1.51. The van der Waals surface area contributed by atoms with E-state index < -0.39 is 6.09 Å². The standard InChI is InChI=1S/C13H22N2O2/c16-13(17)14-9-1-3-10(4-2-9)15(11-5-6-11)12-7-8-12/h9-12,14H,1-8H2,(H,16,17). The van der Waals surface area contributed by atoms with Crippen molar-refractivity contribution in [2.24, 2.45) is 0 Å². The predicted octanol–water partition coefficient (Wildman–Crippen LogP) is 2.19. The lowest BCUT2D eigenvalue weighted by molar-refractivity contribution is 0.124. The van der Waals surface area contributed by atoms with Gasteiger partial charge >= 0.3 is 6.09 Å². The molecule has 3 rings (SSSR count). The molecule has 0 aliphatic heterocycles. The normalized spacial score (nSPS) is 33.7. The second-order valence-electron chi connectivity index (χ2n) is 5.86. The smallest absolute Gasteiger partial charge is 0.404 e. The molecule has 0 aromatic rings. The summed E-state index contributed by atoms with van der Waals surface area (Å²) in [5.74, 6) is 0. The highest BCUT2D eigenvalue weighted by molar-refractivity contribution is 5.64. The fourth-order valence-electron chi connectivity index (χ4n) is 3.33. The van der Waals surface area contributed by atoms with Crippen molar-refractivity contribution in [2.45, 2.75) is 75.5 Å². The van der Waals surface area contributed by atoms with Gasteiger partial charge in [-0.2, -0.15) is 0 Å². The largest absolute Gasteiger partial charge is 0.465 e. The predicted molar refractivity (Wildman–Crippen MR) is 65.1 cm³/mol. The number of hydrogen-bond acceptors (Lipinski definition) is 2. The summed E-state index contributed by atoms with van der Waals surface area (Å²) < 4.78 is 0. The van der Waals surface area contributed by atoms with Crippen LogP contribution in [-0.4, -0.2) is 40.3 Å². The summed E-state index contributed by atoms with van der Waals surface area (Å²) in [7, 11) is 0. The van der Waals surface area contributed by atoms with Gasteiger partial charge in [0.05, 0.1) is 0 Å². The minimum Gasteiger partial charge on any atom is -0.465 e. The summed E-state index contributed by atoms with van der Waals surface area (Å²) in [6.07, 6.45) is 9.10. The zero-order valence-corrected chi connectivity index (χ0v) is 10.3. The molecular formula is C13H22N2O2. The maximum absolute atomic E-state index is 10.6. The number of carboxylic acid groups (broad SMARTS) is 1. The van der Waals surface area contributed by atoms with E-state index in [1.807, 2.05) is 0 Å². The number of nitrogens with one attached hydrogen (secondary N) is 1. The minimum atomic E-state index is -0.866. The van der Waals surface area contributed by atoms with E-state index >= 15 is 0 Å². The molecule has 1 amide bonds. The first kappa shape index (κ1) is 11.3. The summed E-state index contributed by atoms with van der Waals surface area (Å²) in [6, 6.07) is 2.68. The molecular weight excluding hydrogens is 216 g/mol. The number of amides is 1. The summed E-state index contributed by atoms with van der Waals surface area (Å²) in [5.41, 5.74) is 0. The Morgan fingerprint density at radius 1 is 0.882 bits per heavy atom. The lowest BCUT2D eigenvalue weighted by atomic mass is 9.90. The van der Waals surface area contributed by atoms with Gasteiger partial charge in [0.2, 0.25) is 0 Å². The molecule has 3 fully saturated rings. The van der Waals surface area contributed by atoms with Crippen LogP contribution in [-0.2, 0) is 0 Å². The molecule has 0 aromatic heterocycles. The Hall–Kier alpha value is -0.770. The van der Waals surface area contributed by atoms with Crippen molar-refractivity contribution in [3.05, 3.63) is 0 Å². The first-order chi connectivity index (χ1) is 8.24. The van der Waals surface area contributed by atoms with Crippen LogP contribution >= 0.6 is 0 Å². The van der Waals surface area contributed by atoms with Crippen LogP contribution in [0.2, 0.25) is 0 Å². The van der Waals surface area contributed by atoms with Gasteiger partial charge in [0, 0.05) is 24.2 Å². The quantitative estimate of drug-likeness (QED) is 0.789. The van der Waals surface area contributed by atoms with Gasteiger partial charge in [0.25, 0.3) is 0 Å². The summed E-state index contributed by atoms with van der Waals surface area (Å²) in [5, 5.41) is 11.3. The molecule has 0 aromatic carbocycles. The lowest BCUT2D eigenvalue weighted by Gasteiger charge is -2.37. The lowest BCUT2D eigenvalue weighted by Crippen LogP contribution is -2.45. The zero-order valence-electron chi connectivity index (χ0n) is 10.3. The molecule has 17 heavy (non-hydrogen) atoms. The van der Waals surface area contributed by atoms with Crippen LogP contribution in [0.25, 0.3) is 0 Å². The van der Waals surface area contributed by atoms with Gasteiger partial charge < -0.3 is 10.4 Å². The van der Waals surface area contributed by atoms with Crippen LogP contribution in [0.15, 0.2) is 0 Å². The number of hydrogen-bond donors (Lipinski definition) is 2. The average Bonchev–Trinajstić information content (AvgIpc) is 3.12. The second-order valence-corrected chi connectivity index (χ2v) is 5.86. The topological polar surface area (TPSA) is 52.6 Å². The molecule has 4 nitrogen and oxygen atoms in total. The summed E-state index contributed by atoms with van der Waals surface area (Å²) in [6.45, 7) is 0.